The van der Waals surface area contributed by atoms with Gasteiger partial charge in [0.1, 0.15) is 18.9 Å². The van der Waals surface area contributed by atoms with Crippen LogP contribution in [0.25, 0.3) is 0 Å². The van der Waals surface area contributed by atoms with Gasteiger partial charge < -0.3 is 14.8 Å². The number of aldehydes is 1. The number of nitrogens with one attached hydrogen (secondary N) is 1. The summed E-state index contributed by atoms with van der Waals surface area (Å²) >= 11 is 0. The third kappa shape index (κ3) is 5.59. The minimum atomic E-state index is -0.563. The van der Waals surface area contributed by atoms with Crippen LogP contribution in [-0.2, 0) is 20.9 Å². The monoisotopic (exact) mass is 346 g/mol. The van der Waals surface area contributed by atoms with E-state index in [9.17, 15) is 14.4 Å². The molecule has 25 heavy (non-hydrogen) atoms. The smallest absolute Gasteiger partial charge is 0.410 e. The van der Waals surface area contributed by atoms with E-state index < -0.39 is 18.2 Å². The number of amides is 2. The maximum absolute atomic E-state index is 12.4. The van der Waals surface area contributed by atoms with E-state index in [1.54, 1.807) is 0 Å². The molecule has 1 saturated heterocycles. The minimum Gasteiger partial charge on any atom is -0.445 e. The van der Waals surface area contributed by atoms with Crippen molar-refractivity contribution in [1.29, 1.82) is 0 Å². The maximum atomic E-state index is 12.4. The van der Waals surface area contributed by atoms with E-state index >= 15 is 0 Å². The Morgan fingerprint density at radius 1 is 1.36 bits per heavy atom. The summed E-state index contributed by atoms with van der Waals surface area (Å²) in [5.41, 5.74) is 0.900. The first-order valence-electron chi connectivity index (χ1n) is 8.88. The van der Waals surface area contributed by atoms with Crippen molar-refractivity contribution < 1.29 is 19.1 Å². The Labute approximate surface area is 148 Å². The Morgan fingerprint density at radius 3 is 2.80 bits per heavy atom. The number of benzene rings is 1. The molecule has 0 aliphatic carbocycles. The lowest BCUT2D eigenvalue weighted by Crippen LogP contribution is -2.49. The van der Waals surface area contributed by atoms with Crippen molar-refractivity contribution in [3.63, 3.8) is 0 Å². The molecule has 1 aromatic rings. The highest BCUT2D eigenvalue weighted by Crippen LogP contribution is 2.19. The molecule has 136 valence electrons. The number of ether oxygens (including phenoxy) is 1. The molecular weight excluding hydrogens is 320 g/mol. The van der Waals surface area contributed by atoms with Crippen LogP contribution in [0.15, 0.2) is 30.3 Å². The zero-order valence-electron chi connectivity index (χ0n) is 14.6. The Morgan fingerprint density at radius 2 is 2.12 bits per heavy atom. The third-order valence-corrected chi connectivity index (χ3v) is 4.36. The molecule has 0 bridgehead atoms. The summed E-state index contributed by atoms with van der Waals surface area (Å²) < 4.78 is 5.33. The molecule has 0 radical (unpaired) electrons. The van der Waals surface area contributed by atoms with Gasteiger partial charge >= 0.3 is 6.09 Å². The van der Waals surface area contributed by atoms with Gasteiger partial charge in [0.05, 0.1) is 6.04 Å². The van der Waals surface area contributed by atoms with Gasteiger partial charge in [0.25, 0.3) is 0 Å². The molecule has 0 saturated carbocycles. The van der Waals surface area contributed by atoms with Gasteiger partial charge in [-0.15, -0.1) is 0 Å². The lowest BCUT2D eigenvalue weighted by molar-refractivity contribution is -0.127. The van der Waals surface area contributed by atoms with Crippen LogP contribution in [0.4, 0.5) is 4.79 Å². The molecule has 1 aliphatic rings. The molecule has 6 heteroatoms. The van der Waals surface area contributed by atoms with Crippen LogP contribution in [0.5, 0.6) is 0 Å². The fourth-order valence-corrected chi connectivity index (χ4v) is 2.94. The molecule has 1 heterocycles. The normalized spacial score (nSPS) is 17.8. The van der Waals surface area contributed by atoms with E-state index in [2.05, 4.69) is 5.32 Å². The highest BCUT2D eigenvalue weighted by atomic mass is 16.6. The first kappa shape index (κ1) is 19.0. The van der Waals surface area contributed by atoms with Gasteiger partial charge in [-0.2, -0.15) is 0 Å². The van der Waals surface area contributed by atoms with Crippen LogP contribution >= 0.6 is 0 Å². The summed E-state index contributed by atoms with van der Waals surface area (Å²) in [6, 6.07) is 8.36. The van der Waals surface area contributed by atoms with E-state index in [0.29, 0.717) is 19.4 Å². The fraction of sp³-hybridized carbons (Fsp3) is 0.526. The van der Waals surface area contributed by atoms with Crippen molar-refractivity contribution in [3.05, 3.63) is 35.9 Å². The topological polar surface area (TPSA) is 75.7 Å². The standard InChI is InChI=1S/C19H26N2O4/c1-2-3-10-16(13-22)20-18(23)17-11-7-12-21(17)19(24)25-14-15-8-5-4-6-9-15/h4-6,8-9,13,16-17H,2-3,7,10-12,14H2,1H3,(H,20,23)/t16-,17-/m0/s1. The van der Waals surface area contributed by atoms with E-state index in [1.165, 1.54) is 4.90 Å². The number of carbonyl (C=O) groups is 3. The van der Waals surface area contributed by atoms with Gasteiger partial charge in [-0.3, -0.25) is 9.69 Å². The predicted octanol–water partition coefficient (Wildman–Crippen LogP) is 2.66. The molecule has 1 aromatic carbocycles. The largest absolute Gasteiger partial charge is 0.445 e. The third-order valence-electron chi connectivity index (χ3n) is 4.36. The lowest BCUT2D eigenvalue weighted by Gasteiger charge is -2.24. The number of likely N-dealkylation sites (tertiary alicyclic amines) is 1. The summed E-state index contributed by atoms with van der Waals surface area (Å²) in [4.78, 5) is 37.3. The first-order valence-corrected chi connectivity index (χ1v) is 8.88. The first-order chi connectivity index (χ1) is 12.2. The van der Waals surface area contributed by atoms with Crippen molar-refractivity contribution in [3.8, 4) is 0 Å². The highest BCUT2D eigenvalue weighted by molar-refractivity contribution is 5.88. The van der Waals surface area contributed by atoms with Crippen molar-refractivity contribution in [2.45, 2.75) is 57.7 Å². The summed E-state index contributed by atoms with van der Waals surface area (Å²) in [6.07, 6.45) is 4.07. The van der Waals surface area contributed by atoms with Gasteiger partial charge in [0, 0.05) is 6.54 Å². The zero-order valence-corrected chi connectivity index (χ0v) is 14.6. The van der Waals surface area contributed by atoms with Gasteiger partial charge in [-0.05, 0) is 24.8 Å². The number of hydrogen-bond acceptors (Lipinski definition) is 4. The number of carbonyl (C=O) groups excluding carboxylic acids is 3. The van der Waals surface area contributed by atoms with Crippen molar-refractivity contribution in [2.24, 2.45) is 0 Å². The summed E-state index contributed by atoms with van der Waals surface area (Å²) in [6.45, 7) is 2.70. The second-order valence-corrected chi connectivity index (χ2v) is 6.28. The molecule has 6 nitrogen and oxygen atoms in total. The zero-order chi connectivity index (χ0) is 18.1. The van der Waals surface area contributed by atoms with Crippen LogP contribution < -0.4 is 5.32 Å². The molecule has 1 fully saturated rings. The molecular formula is C19H26N2O4. The van der Waals surface area contributed by atoms with Gasteiger partial charge in [0.15, 0.2) is 0 Å². The molecule has 1 N–H and O–H groups in total. The summed E-state index contributed by atoms with van der Waals surface area (Å²) in [5, 5.41) is 2.75. The molecule has 0 aromatic heterocycles. The van der Waals surface area contributed by atoms with Crippen molar-refractivity contribution in [2.75, 3.05) is 6.54 Å². The quantitative estimate of drug-likeness (QED) is 0.734. The molecule has 2 atom stereocenters. The molecule has 0 unspecified atom stereocenters. The van der Waals surface area contributed by atoms with Crippen LogP contribution in [0.1, 0.15) is 44.6 Å². The molecule has 0 spiro atoms. The Balaban J connectivity index is 1.88. The average Bonchev–Trinajstić information content (AvgIpc) is 3.14. The second kappa shape index (κ2) is 9.81. The van der Waals surface area contributed by atoms with Crippen LogP contribution in [0.2, 0.25) is 0 Å². The summed E-state index contributed by atoms with van der Waals surface area (Å²) in [5.74, 6) is -0.276. The average molecular weight is 346 g/mol. The molecule has 1 aliphatic heterocycles. The molecule has 2 amide bonds. The van der Waals surface area contributed by atoms with Crippen LogP contribution in [-0.4, -0.2) is 41.8 Å². The molecule has 2 rings (SSSR count). The Kier molecular flexibility index (Phi) is 7.44. The summed E-state index contributed by atoms with van der Waals surface area (Å²) in [7, 11) is 0. The van der Waals surface area contributed by atoms with E-state index in [-0.39, 0.29) is 12.5 Å². The van der Waals surface area contributed by atoms with Crippen LogP contribution in [0, 0.1) is 0 Å². The SMILES string of the molecule is CCCC[C@@H](C=O)NC(=O)[C@@H]1CCCN1C(=O)OCc1ccccc1. The highest BCUT2D eigenvalue weighted by Gasteiger charge is 2.35. The maximum Gasteiger partial charge on any atom is 0.410 e. The van der Waals surface area contributed by atoms with E-state index in [4.69, 9.17) is 4.74 Å². The van der Waals surface area contributed by atoms with Gasteiger partial charge in [0.2, 0.25) is 5.91 Å². The number of rotatable bonds is 8. The minimum absolute atomic E-state index is 0.179. The predicted molar refractivity (Wildman–Crippen MR) is 93.9 cm³/mol. The van der Waals surface area contributed by atoms with Crippen molar-refractivity contribution >= 4 is 18.3 Å². The number of hydrogen-bond donors (Lipinski definition) is 1. The number of unbranched alkanes of at least 4 members (excludes halogenated alkanes) is 1. The fourth-order valence-electron chi connectivity index (χ4n) is 2.94. The lowest BCUT2D eigenvalue weighted by atomic mass is 10.1. The second-order valence-electron chi connectivity index (χ2n) is 6.28. The number of nitrogens with zero attached hydrogens (tertiary/aromatic N) is 1. The Bertz CT molecular complexity index is 576. The van der Waals surface area contributed by atoms with Crippen molar-refractivity contribution in [1.82, 2.24) is 10.2 Å². The van der Waals surface area contributed by atoms with E-state index in [1.807, 2.05) is 37.3 Å². The van der Waals surface area contributed by atoms with Crippen LogP contribution in [0.3, 0.4) is 0 Å². The van der Waals surface area contributed by atoms with Gasteiger partial charge in [-0.25, -0.2) is 4.79 Å². The van der Waals surface area contributed by atoms with E-state index in [0.717, 1.165) is 31.1 Å². The van der Waals surface area contributed by atoms with Gasteiger partial charge in [-0.1, -0.05) is 50.1 Å². The Hall–Kier alpha value is -2.37.